The maximum absolute atomic E-state index is 11.2. The molecule has 1 fully saturated rings. The van der Waals surface area contributed by atoms with Crippen molar-refractivity contribution in [3.8, 4) is 0 Å². The number of aliphatic hydroxyl groups excluding tert-OH is 1. The van der Waals surface area contributed by atoms with Crippen molar-refractivity contribution < 1.29 is 10.0 Å². The van der Waals surface area contributed by atoms with Crippen molar-refractivity contribution in [2.45, 2.75) is 31.7 Å². The third kappa shape index (κ3) is 3.25. The number of aliphatic hydroxyl groups is 1. The molecule has 0 bridgehead atoms. The molecule has 1 aliphatic rings. The molecule has 1 saturated carbocycles. The Labute approximate surface area is 120 Å². The highest BCUT2D eigenvalue weighted by Gasteiger charge is 2.27. The number of halogens is 1. The van der Waals surface area contributed by atoms with Crippen LogP contribution in [0, 0.1) is 10.1 Å². The second-order valence-electron chi connectivity index (χ2n) is 4.75. The molecular weight excluding hydrogens is 312 g/mol. The topological polar surface area (TPSA) is 66.6 Å². The molecule has 0 unspecified atom stereocenters. The average Bonchev–Trinajstić information content (AvgIpc) is 2.89. The van der Waals surface area contributed by atoms with Gasteiger partial charge in [-0.15, -0.1) is 0 Å². The number of benzene rings is 1. The number of nitrogens with zero attached hydrogens (tertiary/aromatic N) is 2. The second kappa shape index (κ2) is 6.34. The van der Waals surface area contributed by atoms with Crippen molar-refractivity contribution in [3.05, 3.63) is 32.8 Å². The van der Waals surface area contributed by atoms with Crippen LogP contribution in [0.4, 0.5) is 11.4 Å². The Morgan fingerprint density at radius 3 is 2.68 bits per heavy atom. The van der Waals surface area contributed by atoms with Crippen LogP contribution in [-0.4, -0.2) is 29.2 Å². The zero-order valence-corrected chi connectivity index (χ0v) is 12.2. The van der Waals surface area contributed by atoms with Gasteiger partial charge in [0.2, 0.25) is 0 Å². The highest BCUT2D eigenvalue weighted by Crippen LogP contribution is 2.35. The van der Waals surface area contributed by atoms with E-state index in [0.29, 0.717) is 18.3 Å². The van der Waals surface area contributed by atoms with Crippen LogP contribution in [-0.2, 0) is 0 Å². The average molecular weight is 329 g/mol. The van der Waals surface area contributed by atoms with E-state index in [9.17, 15) is 15.2 Å². The first-order chi connectivity index (χ1) is 9.13. The van der Waals surface area contributed by atoms with Crippen LogP contribution < -0.4 is 4.90 Å². The predicted octanol–water partition coefficient (Wildman–Crippen LogP) is 3.10. The monoisotopic (exact) mass is 328 g/mol. The second-order valence-corrected chi connectivity index (χ2v) is 5.66. The van der Waals surface area contributed by atoms with E-state index in [0.717, 1.165) is 30.2 Å². The van der Waals surface area contributed by atoms with Gasteiger partial charge < -0.3 is 10.0 Å². The Kier molecular flexibility index (Phi) is 4.76. The van der Waals surface area contributed by atoms with Gasteiger partial charge in [0, 0.05) is 23.1 Å². The molecule has 0 amide bonds. The molecule has 1 N–H and O–H groups in total. The number of rotatable bonds is 5. The third-order valence-corrected chi connectivity index (χ3v) is 4.04. The van der Waals surface area contributed by atoms with Crippen molar-refractivity contribution in [1.29, 1.82) is 0 Å². The van der Waals surface area contributed by atoms with Crippen molar-refractivity contribution in [3.63, 3.8) is 0 Å². The zero-order valence-electron chi connectivity index (χ0n) is 10.6. The van der Waals surface area contributed by atoms with E-state index >= 15 is 0 Å². The summed E-state index contributed by atoms with van der Waals surface area (Å²) in [4.78, 5) is 12.8. The van der Waals surface area contributed by atoms with E-state index < -0.39 is 0 Å². The first-order valence-corrected chi connectivity index (χ1v) is 7.24. The van der Waals surface area contributed by atoms with E-state index in [-0.39, 0.29) is 17.2 Å². The first-order valence-electron chi connectivity index (χ1n) is 6.45. The van der Waals surface area contributed by atoms with Crippen LogP contribution in [0.1, 0.15) is 25.7 Å². The van der Waals surface area contributed by atoms with Crippen LogP contribution in [0.3, 0.4) is 0 Å². The highest BCUT2D eigenvalue weighted by molar-refractivity contribution is 9.10. The van der Waals surface area contributed by atoms with Crippen molar-refractivity contribution in [2.24, 2.45) is 0 Å². The number of hydrogen-bond donors (Lipinski definition) is 1. The minimum Gasteiger partial charge on any atom is -0.395 e. The smallest absolute Gasteiger partial charge is 0.292 e. The maximum atomic E-state index is 11.2. The van der Waals surface area contributed by atoms with Crippen molar-refractivity contribution in [2.75, 3.05) is 18.1 Å². The standard InChI is InChI=1S/C13H17BrN2O3/c14-10-5-6-12(16(18)19)13(9-10)15(7-8-17)11-3-1-2-4-11/h5-6,9,11,17H,1-4,7-8H2. The van der Waals surface area contributed by atoms with E-state index in [4.69, 9.17) is 0 Å². The first kappa shape index (κ1) is 14.3. The summed E-state index contributed by atoms with van der Waals surface area (Å²) in [5.74, 6) is 0. The molecular formula is C13H17BrN2O3. The molecule has 5 nitrogen and oxygen atoms in total. The summed E-state index contributed by atoms with van der Waals surface area (Å²) in [5, 5.41) is 20.4. The minimum atomic E-state index is -0.360. The largest absolute Gasteiger partial charge is 0.395 e. The van der Waals surface area contributed by atoms with Crippen LogP contribution in [0.15, 0.2) is 22.7 Å². The Balaban J connectivity index is 2.39. The van der Waals surface area contributed by atoms with Crippen LogP contribution in [0.2, 0.25) is 0 Å². The Hall–Kier alpha value is -1.14. The lowest BCUT2D eigenvalue weighted by Crippen LogP contribution is -2.36. The van der Waals surface area contributed by atoms with Gasteiger partial charge >= 0.3 is 0 Å². The fourth-order valence-electron chi connectivity index (χ4n) is 2.70. The number of nitro benzene ring substituents is 1. The number of hydrogen-bond acceptors (Lipinski definition) is 4. The van der Waals surface area contributed by atoms with Crippen LogP contribution in [0.25, 0.3) is 0 Å². The molecule has 1 aromatic rings. The summed E-state index contributed by atoms with van der Waals surface area (Å²) in [6, 6.07) is 5.25. The fourth-order valence-corrected chi connectivity index (χ4v) is 3.05. The van der Waals surface area contributed by atoms with Gasteiger partial charge in [-0.25, -0.2) is 0 Å². The van der Waals surface area contributed by atoms with E-state index in [1.54, 1.807) is 12.1 Å². The maximum Gasteiger partial charge on any atom is 0.292 e. The summed E-state index contributed by atoms with van der Waals surface area (Å²) in [6.07, 6.45) is 4.36. The molecule has 19 heavy (non-hydrogen) atoms. The summed E-state index contributed by atoms with van der Waals surface area (Å²) >= 11 is 3.36. The van der Waals surface area contributed by atoms with Gasteiger partial charge in [0.15, 0.2) is 0 Å². The quantitative estimate of drug-likeness (QED) is 0.666. The molecule has 6 heteroatoms. The lowest BCUT2D eigenvalue weighted by atomic mass is 10.1. The van der Waals surface area contributed by atoms with Gasteiger partial charge in [0.25, 0.3) is 5.69 Å². The molecule has 0 atom stereocenters. The molecule has 0 spiro atoms. The lowest BCUT2D eigenvalue weighted by Gasteiger charge is -2.30. The molecule has 0 saturated heterocycles. The molecule has 0 heterocycles. The van der Waals surface area contributed by atoms with Crippen LogP contribution >= 0.6 is 15.9 Å². The van der Waals surface area contributed by atoms with Gasteiger partial charge in [-0.1, -0.05) is 28.8 Å². The van der Waals surface area contributed by atoms with Crippen LogP contribution in [0.5, 0.6) is 0 Å². The summed E-state index contributed by atoms with van der Waals surface area (Å²) in [7, 11) is 0. The summed E-state index contributed by atoms with van der Waals surface area (Å²) in [5.41, 5.74) is 0.698. The Bertz CT molecular complexity index is 461. The van der Waals surface area contributed by atoms with Crippen molar-refractivity contribution >= 4 is 27.3 Å². The number of anilines is 1. The Morgan fingerprint density at radius 1 is 1.42 bits per heavy atom. The van der Waals surface area contributed by atoms with E-state index in [1.165, 1.54) is 6.07 Å². The van der Waals surface area contributed by atoms with Gasteiger partial charge in [-0.2, -0.15) is 0 Å². The normalized spacial score (nSPS) is 15.7. The van der Waals surface area contributed by atoms with Gasteiger partial charge in [0.1, 0.15) is 5.69 Å². The molecule has 0 aromatic heterocycles. The van der Waals surface area contributed by atoms with Gasteiger partial charge in [0.05, 0.1) is 11.5 Å². The van der Waals surface area contributed by atoms with Gasteiger partial charge in [-0.3, -0.25) is 10.1 Å². The van der Waals surface area contributed by atoms with E-state index in [1.807, 2.05) is 4.90 Å². The lowest BCUT2D eigenvalue weighted by molar-refractivity contribution is -0.384. The molecule has 1 aromatic carbocycles. The van der Waals surface area contributed by atoms with Crippen molar-refractivity contribution in [1.82, 2.24) is 0 Å². The molecule has 0 radical (unpaired) electrons. The molecule has 104 valence electrons. The minimum absolute atomic E-state index is 0.000166. The molecule has 1 aliphatic carbocycles. The third-order valence-electron chi connectivity index (χ3n) is 3.55. The summed E-state index contributed by atoms with van der Waals surface area (Å²) in [6.45, 7) is 0.433. The number of nitro groups is 1. The Morgan fingerprint density at radius 2 is 2.11 bits per heavy atom. The molecule has 0 aliphatic heterocycles. The summed E-state index contributed by atoms with van der Waals surface area (Å²) < 4.78 is 0.814. The highest BCUT2D eigenvalue weighted by atomic mass is 79.9. The van der Waals surface area contributed by atoms with Gasteiger partial charge in [-0.05, 0) is 25.0 Å². The zero-order chi connectivity index (χ0) is 13.8. The molecule has 2 rings (SSSR count). The SMILES string of the molecule is O=[N+]([O-])c1ccc(Br)cc1N(CCO)C1CCCC1. The van der Waals surface area contributed by atoms with E-state index in [2.05, 4.69) is 15.9 Å². The predicted molar refractivity (Wildman–Crippen MR) is 77.5 cm³/mol. The fraction of sp³-hybridized carbons (Fsp3) is 0.538.